The highest BCUT2D eigenvalue weighted by Gasteiger charge is 2.47. The van der Waals surface area contributed by atoms with Gasteiger partial charge in [0.1, 0.15) is 0 Å². The number of likely N-dealkylation sites (tertiary alicyclic amines) is 2. The van der Waals surface area contributed by atoms with Gasteiger partial charge in [-0.1, -0.05) is 0 Å². The molecule has 0 N–H and O–H groups in total. The molecule has 6 nitrogen and oxygen atoms in total. The van der Waals surface area contributed by atoms with Crippen molar-refractivity contribution in [2.75, 3.05) is 39.9 Å². The Morgan fingerprint density at radius 1 is 1.29 bits per heavy atom. The quantitative estimate of drug-likeness (QED) is 0.846. The molecule has 3 rings (SSSR count). The predicted molar refractivity (Wildman–Crippen MR) is 88.7 cm³/mol. The van der Waals surface area contributed by atoms with Crippen molar-refractivity contribution in [3.63, 3.8) is 0 Å². The molecule has 2 amide bonds. The Balaban J connectivity index is 1.66. The molecule has 24 heavy (non-hydrogen) atoms. The minimum absolute atomic E-state index is 0.0590. The van der Waals surface area contributed by atoms with Crippen LogP contribution in [0.3, 0.4) is 0 Å². The molecule has 3 heterocycles. The van der Waals surface area contributed by atoms with Crippen LogP contribution in [0.5, 0.6) is 0 Å². The Kier molecular flexibility index (Phi) is 4.94. The summed E-state index contributed by atoms with van der Waals surface area (Å²) in [4.78, 5) is 29.2. The molecule has 0 unspecified atom stereocenters. The number of carbonyl (C=O) groups excluding carboxylic acids is 2. The van der Waals surface area contributed by atoms with E-state index in [1.54, 1.807) is 19.4 Å². The first-order valence-corrected chi connectivity index (χ1v) is 8.69. The third kappa shape index (κ3) is 3.07. The highest BCUT2D eigenvalue weighted by Crippen LogP contribution is 2.41. The van der Waals surface area contributed by atoms with Crippen molar-refractivity contribution < 1.29 is 18.7 Å². The van der Waals surface area contributed by atoms with E-state index in [-0.39, 0.29) is 17.2 Å². The van der Waals surface area contributed by atoms with Gasteiger partial charge >= 0.3 is 0 Å². The van der Waals surface area contributed by atoms with E-state index in [4.69, 9.17) is 9.15 Å². The van der Waals surface area contributed by atoms with Crippen molar-refractivity contribution in [3.8, 4) is 0 Å². The van der Waals surface area contributed by atoms with Crippen LogP contribution in [-0.4, -0.2) is 61.5 Å². The summed E-state index contributed by atoms with van der Waals surface area (Å²) in [5, 5.41) is 0. The van der Waals surface area contributed by atoms with Crippen LogP contribution in [-0.2, 0) is 9.53 Å². The number of aryl methyl sites for hydroxylation is 1. The van der Waals surface area contributed by atoms with Crippen molar-refractivity contribution in [2.45, 2.75) is 32.6 Å². The molecule has 0 saturated carbocycles. The van der Waals surface area contributed by atoms with Gasteiger partial charge in [0, 0.05) is 38.9 Å². The summed E-state index contributed by atoms with van der Waals surface area (Å²) in [5.41, 5.74) is 0.572. The van der Waals surface area contributed by atoms with Gasteiger partial charge < -0.3 is 19.0 Å². The molecular formula is C18H26N2O4. The molecule has 6 heteroatoms. The predicted octanol–water partition coefficient (Wildman–Crippen LogP) is 2.08. The average Bonchev–Trinajstić information content (AvgIpc) is 3.04. The van der Waals surface area contributed by atoms with Gasteiger partial charge in [0.05, 0.1) is 18.3 Å². The lowest BCUT2D eigenvalue weighted by Crippen LogP contribution is -2.37. The fourth-order valence-electron chi connectivity index (χ4n) is 3.90. The van der Waals surface area contributed by atoms with E-state index in [9.17, 15) is 9.59 Å². The number of hydrogen-bond acceptors (Lipinski definition) is 4. The van der Waals surface area contributed by atoms with E-state index >= 15 is 0 Å². The lowest BCUT2D eigenvalue weighted by Gasteiger charge is -2.26. The van der Waals surface area contributed by atoms with E-state index in [1.807, 2.05) is 16.7 Å². The smallest absolute Gasteiger partial charge is 0.289 e. The van der Waals surface area contributed by atoms with Gasteiger partial charge in [-0.25, -0.2) is 0 Å². The third-order valence-electron chi connectivity index (χ3n) is 5.45. The van der Waals surface area contributed by atoms with Crippen LogP contribution < -0.4 is 0 Å². The normalized spacial score (nSPS) is 24.7. The minimum atomic E-state index is -0.291. The van der Waals surface area contributed by atoms with Gasteiger partial charge in [-0.3, -0.25) is 9.59 Å². The van der Waals surface area contributed by atoms with Crippen molar-refractivity contribution in [1.82, 2.24) is 9.80 Å². The second kappa shape index (κ2) is 6.97. The lowest BCUT2D eigenvalue weighted by atomic mass is 9.79. The second-order valence-corrected chi connectivity index (χ2v) is 6.89. The highest BCUT2D eigenvalue weighted by molar-refractivity contribution is 5.93. The fraction of sp³-hybridized carbons (Fsp3) is 0.667. The first-order valence-electron chi connectivity index (χ1n) is 8.69. The second-order valence-electron chi connectivity index (χ2n) is 6.89. The molecule has 1 spiro atoms. The molecule has 0 aliphatic carbocycles. The Hall–Kier alpha value is -1.82. The average molecular weight is 334 g/mol. The molecule has 0 radical (unpaired) electrons. The van der Waals surface area contributed by atoms with E-state index in [0.717, 1.165) is 37.8 Å². The molecule has 2 saturated heterocycles. The van der Waals surface area contributed by atoms with Crippen molar-refractivity contribution in [3.05, 3.63) is 23.7 Å². The number of amides is 2. The maximum absolute atomic E-state index is 12.8. The summed E-state index contributed by atoms with van der Waals surface area (Å²) in [5.74, 6) is 0.602. The molecule has 0 aromatic carbocycles. The van der Waals surface area contributed by atoms with Gasteiger partial charge in [0.15, 0.2) is 5.76 Å². The number of methoxy groups -OCH3 is 1. The molecule has 2 aliphatic heterocycles. The largest absolute Gasteiger partial charge is 0.459 e. The number of rotatable bonds is 4. The van der Waals surface area contributed by atoms with Crippen LogP contribution in [0.2, 0.25) is 0 Å². The fourth-order valence-corrected chi connectivity index (χ4v) is 3.90. The standard InChI is InChI=1S/C18H26N2O4/c1-14-4-12-24-15(14)16(21)19-8-3-5-18(6-9-19)7-10-20(17(18)22)11-13-23-2/h4,12H,3,5-11,13H2,1-2H3/t18-/m0/s1. The van der Waals surface area contributed by atoms with E-state index in [1.165, 1.54) is 0 Å². The minimum Gasteiger partial charge on any atom is -0.459 e. The van der Waals surface area contributed by atoms with Gasteiger partial charge in [0.2, 0.25) is 5.91 Å². The van der Waals surface area contributed by atoms with Gasteiger partial charge in [-0.2, -0.15) is 0 Å². The first kappa shape index (κ1) is 17.0. The van der Waals surface area contributed by atoms with Crippen LogP contribution in [0.4, 0.5) is 0 Å². The molecule has 1 aromatic rings. The summed E-state index contributed by atoms with van der Waals surface area (Å²) < 4.78 is 10.4. The van der Waals surface area contributed by atoms with E-state index < -0.39 is 0 Å². The maximum atomic E-state index is 12.8. The number of furan rings is 1. The zero-order valence-electron chi connectivity index (χ0n) is 14.5. The summed E-state index contributed by atoms with van der Waals surface area (Å²) in [7, 11) is 1.65. The number of ether oxygens (including phenoxy) is 1. The Bertz CT molecular complexity index is 612. The first-order chi connectivity index (χ1) is 11.6. The monoisotopic (exact) mass is 334 g/mol. The molecule has 1 aromatic heterocycles. The van der Waals surface area contributed by atoms with E-state index in [0.29, 0.717) is 32.0 Å². The van der Waals surface area contributed by atoms with Gasteiger partial charge in [-0.05, 0) is 38.7 Å². The summed E-state index contributed by atoms with van der Waals surface area (Å²) in [6, 6.07) is 1.81. The van der Waals surface area contributed by atoms with Gasteiger partial charge in [-0.15, -0.1) is 0 Å². The van der Waals surface area contributed by atoms with Gasteiger partial charge in [0.25, 0.3) is 5.91 Å². The summed E-state index contributed by atoms with van der Waals surface area (Å²) >= 11 is 0. The zero-order chi connectivity index (χ0) is 17.2. The topological polar surface area (TPSA) is 63.0 Å². The van der Waals surface area contributed by atoms with Crippen molar-refractivity contribution >= 4 is 11.8 Å². The SMILES string of the molecule is COCCN1CC[C@@]2(CCCN(C(=O)c3occc3C)CC2)C1=O. The Morgan fingerprint density at radius 3 is 2.79 bits per heavy atom. The maximum Gasteiger partial charge on any atom is 0.289 e. The summed E-state index contributed by atoms with van der Waals surface area (Å²) in [6.45, 7) is 5.21. The number of nitrogens with zero attached hydrogens (tertiary/aromatic N) is 2. The Labute approximate surface area is 142 Å². The van der Waals surface area contributed by atoms with Crippen LogP contribution in [0.15, 0.2) is 16.7 Å². The van der Waals surface area contributed by atoms with Crippen LogP contribution in [0.25, 0.3) is 0 Å². The molecule has 2 fully saturated rings. The summed E-state index contributed by atoms with van der Waals surface area (Å²) in [6.07, 6.45) is 4.89. The number of hydrogen-bond donors (Lipinski definition) is 0. The number of carbonyl (C=O) groups is 2. The van der Waals surface area contributed by atoms with Crippen LogP contribution in [0.1, 0.15) is 41.8 Å². The molecule has 132 valence electrons. The van der Waals surface area contributed by atoms with Crippen LogP contribution >= 0.6 is 0 Å². The molecule has 1 atom stereocenters. The van der Waals surface area contributed by atoms with E-state index in [2.05, 4.69) is 0 Å². The highest BCUT2D eigenvalue weighted by atomic mass is 16.5. The van der Waals surface area contributed by atoms with Crippen molar-refractivity contribution in [2.24, 2.45) is 5.41 Å². The zero-order valence-corrected chi connectivity index (χ0v) is 14.5. The molecule has 0 bridgehead atoms. The lowest BCUT2D eigenvalue weighted by molar-refractivity contribution is -0.137. The molecular weight excluding hydrogens is 308 g/mol. The van der Waals surface area contributed by atoms with Crippen LogP contribution in [0, 0.1) is 12.3 Å². The van der Waals surface area contributed by atoms with Crippen molar-refractivity contribution in [1.29, 1.82) is 0 Å². The molecule has 2 aliphatic rings. The third-order valence-corrected chi connectivity index (χ3v) is 5.45. The Morgan fingerprint density at radius 2 is 2.08 bits per heavy atom.